The van der Waals surface area contributed by atoms with Crippen LogP contribution in [-0.4, -0.2) is 79.0 Å². The van der Waals surface area contributed by atoms with Crippen molar-refractivity contribution in [2.75, 3.05) is 52.4 Å². The van der Waals surface area contributed by atoms with Crippen LogP contribution in [0, 0.1) is 0 Å². The fraction of sp³-hybridized carbons (Fsp3) is 0.938. The van der Waals surface area contributed by atoms with E-state index in [1.807, 2.05) is 4.90 Å². The van der Waals surface area contributed by atoms with Crippen LogP contribution in [0.3, 0.4) is 0 Å². The summed E-state index contributed by atoms with van der Waals surface area (Å²) in [4.78, 5) is 19.4. The molecule has 2 N–H and O–H groups in total. The summed E-state index contributed by atoms with van der Waals surface area (Å²) in [5.41, 5.74) is 5.52. The molecule has 0 spiro atoms. The lowest BCUT2D eigenvalue weighted by molar-refractivity contribution is -0.136. The van der Waals surface area contributed by atoms with Gasteiger partial charge in [0.05, 0.1) is 6.04 Å². The quantitative estimate of drug-likeness (QED) is 0.704. The molecule has 2 heterocycles. The van der Waals surface area contributed by atoms with Gasteiger partial charge in [0.15, 0.2) is 0 Å². The predicted octanol–water partition coefficient (Wildman–Crippen LogP) is 0.744. The average Bonchev–Trinajstić information content (AvgIpc) is 3.05. The lowest BCUT2D eigenvalue weighted by atomic mass is 10.2. The minimum atomic E-state index is 0.0579. The van der Waals surface area contributed by atoms with E-state index >= 15 is 0 Å². The number of nitrogens with zero attached hydrogens (tertiary/aromatic N) is 3. The minimum absolute atomic E-state index is 0.0579. The van der Waals surface area contributed by atoms with E-state index in [4.69, 9.17) is 5.73 Å². The Morgan fingerprint density at radius 2 is 1.67 bits per heavy atom. The van der Waals surface area contributed by atoms with Gasteiger partial charge >= 0.3 is 0 Å². The topological polar surface area (TPSA) is 52.8 Å². The summed E-state index contributed by atoms with van der Waals surface area (Å²) in [5.74, 6) is 0.337. The van der Waals surface area contributed by atoms with Crippen molar-refractivity contribution in [1.82, 2.24) is 14.7 Å². The Balaban J connectivity index is 1.66. The van der Waals surface area contributed by atoms with Crippen molar-refractivity contribution in [1.29, 1.82) is 0 Å². The summed E-state index contributed by atoms with van der Waals surface area (Å²) < 4.78 is 0. The lowest BCUT2D eigenvalue weighted by Crippen LogP contribution is -2.54. The molecule has 5 heteroatoms. The monoisotopic (exact) mass is 296 g/mol. The molecule has 1 unspecified atom stereocenters. The van der Waals surface area contributed by atoms with Crippen LogP contribution in [0.1, 0.15) is 39.0 Å². The molecule has 2 rings (SSSR count). The second-order valence-corrected chi connectivity index (χ2v) is 6.44. The van der Waals surface area contributed by atoms with E-state index in [-0.39, 0.29) is 6.04 Å². The van der Waals surface area contributed by atoms with Gasteiger partial charge in [-0.05, 0) is 45.7 Å². The van der Waals surface area contributed by atoms with Crippen LogP contribution < -0.4 is 5.73 Å². The number of piperazine rings is 1. The number of likely N-dealkylation sites (tertiary alicyclic amines) is 1. The van der Waals surface area contributed by atoms with E-state index in [9.17, 15) is 4.79 Å². The maximum absolute atomic E-state index is 12.4. The fourth-order valence-corrected chi connectivity index (χ4v) is 3.39. The summed E-state index contributed by atoms with van der Waals surface area (Å²) in [6, 6.07) is 0.0579. The van der Waals surface area contributed by atoms with Crippen LogP contribution in [0.5, 0.6) is 0 Å². The van der Waals surface area contributed by atoms with Gasteiger partial charge in [-0.1, -0.05) is 6.42 Å². The molecule has 21 heavy (non-hydrogen) atoms. The van der Waals surface area contributed by atoms with Crippen molar-refractivity contribution >= 4 is 5.91 Å². The van der Waals surface area contributed by atoms with E-state index in [2.05, 4.69) is 16.7 Å². The minimum Gasteiger partial charge on any atom is -0.341 e. The standard InChI is InChI=1S/C16H32N4O/c1-15(16(21)20-9-5-6-10-20)19-13-11-18(12-14-19)8-4-2-3-7-17/h15H,2-14,17H2,1H3. The highest BCUT2D eigenvalue weighted by atomic mass is 16.2. The van der Waals surface area contributed by atoms with Gasteiger partial charge in [-0.2, -0.15) is 0 Å². The highest BCUT2D eigenvalue weighted by molar-refractivity contribution is 5.81. The first kappa shape index (κ1) is 16.7. The molecule has 5 nitrogen and oxygen atoms in total. The summed E-state index contributed by atoms with van der Waals surface area (Å²) in [6.07, 6.45) is 5.98. The van der Waals surface area contributed by atoms with Crippen molar-refractivity contribution in [2.24, 2.45) is 5.73 Å². The molecule has 2 fully saturated rings. The first-order valence-electron chi connectivity index (χ1n) is 8.67. The maximum Gasteiger partial charge on any atom is 0.239 e. The third-order valence-electron chi connectivity index (χ3n) is 4.91. The summed E-state index contributed by atoms with van der Waals surface area (Å²) in [6.45, 7) is 10.2. The van der Waals surface area contributed by atoms with Crippen LogP contribution in [0.2, 0.25) is 0 Å². The molecular weight excluding hydrogens is 264 g/mol. The predicted molar refractivity (Wildman–Crippen MR) is 86.2 cm³/mol. The molecule has 122 valence electrons. The third kappa shape index (κ3) is 4.94. The summed E-state index contributed by atoms with van der Waals surface area (Å²) >= 11 is 0. The van der Waals surface area contributed by atoms with Gasteiger partial charge in [-0.25, -0.2) is 0 Å². The molecule has 0 aromatic carbocycles. The molecule has 0 saturated carbocycles. The lowest BCUT2D eigenvalue weighted by Gasteiger charge is -2.38. The zero-order chi connectivity index (χ0) is 15.1. The SMILES string of the molecule is CC(C(=O)N1CCCC1)N1CCN(CCCCCN)CC1. The third-order valence-corrected chi connectivity index (χ3v) is 4.91. The van der Waals surface area contributed by atoms with Gasteiger partial charge in [-0.15, -0.1) is 0 Å². The van der Waals surface area contributed by atoms with Crippen LogP contribution >= 0.6 is 0 Å². The zero-order valence-electron chi connectivity index (χ0n) is 13.6. The Morgan fingerprint density at radius 3 is 2.29 bits per heavy atom. The molecule has 2 saturated heterocycles. The molecule has 0 bridgehead atoms. The van der Waals surface area contributed by atoms with Gasteiger partial charge in [0.2, 0.25) is 5.91 Å². The number of rotatable bonds is 7. The number of carbonyl (C=O) groups excluding carboxylic acids is 1. The van der Waals surface area contributed by atoms with Gasteiger partial charge in [0.25, 0.3) is 0 Å². The van der Waals surface area contributed by atoms with E-state index in [1.165, 1.54) is 32.2 Å². The van der Waals surface area contributed by atoms with Gasteiger partial charge in [0.1, 0.15) is 0 Å². The fourth-order valence-electron chi connectivity index (χ4n) is 3.39. The van der Waals surface area contributed by atoms with Crippen molar-refractivity contribution in [3.63, 3.8) is 0 Å². The second-order valence-electron chi connectivity index (χ2n) is 6.44. The number of hydrogen-bond donors (Lipinski definition) is 1. The van der Waals surface area contributed by atoms with Crippen molar-refractivity contribution in [3.8, 4) is 0 Å². The molecule has 2 aliphatic heterocycles. The van der Waals surface area contributed by atoms with Crippen molar-refractivity contribution in [3.05, 3.63) is 0 Å². The average molecular weight is 296 g/mol. The molecule has 0 radical (unpaired) electrons. The van der Waals surface area contributed by atoms with E-state index in [0.29, 0.717) is 5.91 Å². The normalized spacial score (nSPS) is 22.7. The van der Waals surface area contributed by atoms with E-state index in [0.717, 1.165) is 52.2 Å². The Kier molecular flexibility index (Phi) is 6.93. The van der Waals surface area contributed by atoms with Crippen LogP contribution in [0.4, 0.5) is 0 Å². The highest BCUT2D eigenvalue weighted by Gasteiger charge is 2.29. The van der Waals surface area contributed by atoms with Crippen molar-refractivity contribution < 1.29 is 4.79 Å². The van der Waals surface area contributed by atoms with Gasteiger partial charge in [-0.3, -0.25) is 9.69 Å². The molecule has 1 atom stereocenters. The highest BCUT2D eigenvalue weighted by Crippen LogP contribution is 2.14. The van der Waals surface area contributed by atoms with E-state index in [1.54, 1.807) is 0 Å². The van der Waals surface area contributed by atoms with E-state index < -0.39 is 0 Å². The molecule has 0 aromatic heterocycles. The number of nitrogens with two attached hydrogens (primary N) is 1. The van der Waals surface area contributed by atoms with Crippen molar-refractivity contribution in [2.45, 2.75) is 45.1 Å². The first-order valence-corrected chi connectivity index (χ1v) is 8.67. The molecule has 0 aliphatic carbocycles. The second kappa shape index (κ2) is 8.71. The zero-order valence-corrected chi connectivity index (χ0v) is 13.6. The van der Waals surface area contributed by atoms with Crippen LogP contribution in [0.15, 0.2) is 0 Å². The Morgan fingerprint density at radius 1 is 1.00 bits per heavy atom. The molecule has 1 amide bonds. The Hall–Kier alpha value is -0.650. The smallest absolute Gasteiger partial charge is 0.239 e. The Bertz CT molecular complexity index is 309. The molecule has 2 aliphatic rings. The first-order chi connectivity index (χ1) is 10.2. The number of unbranched alkanes of at least 4 members (excludes halogenated alkanes) is 2. The van der Waals surface area contributed by atoms with Crippen LogP contribution in [-0.2, 0) is 4.79 Å². The largest absolute Gasteiger partial charge is 0.341 e. The number of carbonyl (C=O) groups is 1. The van der Waals surface area contributed by atoms with Crippen LogP contribution in [0.25, 0.3) is 0 Å². The maximum atomic E-state index is 12.4. The summed E-state index contributed by atoms with van der Waals surface area (Å²) in [7, 11) is 0. The summed E-state index contributed by atoms with van der Waals surface area (Å²) in [5, 5.41) is 0. The number of hydrogen-bond acceptors (Lipinski definition) is 4. The van der Waals surface area contributed by atoms with Gasteiger partial charge in [0, 0.05) is 39.3 Å². The molecular formula is C16H32N4O. The molecule has 0 aromatic rings. The Labute approximate surface area is 129 Å². The number of amides is 1. The van der Waals surface area contributed by atoms with Gasteiger partial charge < -0.3 is 15.5 Å².